The van der Waals surface area contributed by atoms with Crippen molar-refractivity contribution in [1.29, 1.82) is 0 Å². The van der Waals surface area contributed by atoms with Crippen LogP contribution >= 0.6 is 0 Å². The fourth-order valence-electron chi connectivity index (χ4n) is 5.24. The number of hydrogen-bond donors (Lipinski definition) is 0. The van der Waals surface area contributed by atoms with Crippen molar-refractivity contribution in [3.05, 3.63) is 106 Å². The molecule has 222 valence electrons. The van der Waals surface area contributed by atoms with E-state index in [1.54, 1.807) is 50.6 Å². The van der Waals surface area contributed by atoms with E-state index in [4.69, 9.17) is 23.6 Å². The van der Waals surface area contributed by atoms with Crippen LogP contribution < -0.4 is 15.0 Å². The van der Waals surface area contributed by atoms with Gasteiger partial charge >= 0.3 is 5.97 Å². The van der Waals surface area contributed by atoms with Gasteiger partial charge in [0.05, 0.1) is 36.7 Å². The molecule has 3 heterocycles. The molecule has 0 aliphatic rings. The Morgan fingerprint density at radius 3 is 2.50 bits per heavy atom. The van der Waals surface area contributed by atoms with Gasteiger partial charge in [0.25, 0.3) is 5.56 Å². The van der Waals surface area contributed by atoms with Gasteiger partial charge in [0.15, 0.2) is 11.9 Å². The molecule has 0 aliphatic carbocycles. The fourth-order valence-corrected chi connectivity index (χ4v) is 5.24. The number of aryl methyl sites for hydroxylation is 1. The first kappa shape index (κ1) is 28.5. The number of furan rings is 1. The topological polar surface area (TPSA) is 110 Å². The van der Waals surface area contributed by atoms with E-state index in [0.717, 1.165) is 28.0 Å². The van der Waals surface area contributed by atoms with Crippen LogP contribution in [0.25, 0.3) is 39.1 Å². The molecule has 3 aromatic carbocycles. The summed E-state index contributed by atoms with van der Waals surface area (Å²) in [6.45, 7) is 5.61. The Hall–Kier alpha value is -5.64. The van der Waals surface area contributed by atoms with Crippen LogP contribution in [0.2, 0.25) is 0 Å². The molecule has 6 aromatic rings. The molecule has 0 fully saturated rings. The number of para-hydroxylation sites is 1. The molecule has 0 N–H and O–H groups in total. The Labute approximate surface area is 252 Å². The summed E-state index contributed by atoms with van der Waals surface area (Å²) in [5.41, 5.74) is 4.43. The number of rotatable bonds is 8. The summed E-state index contributed by atoms with van der Waals surface area (Å²) in [6.07, 6.45) is 0.932. The highest BCUT2D eigenvalue weighted by molar-refractivity contribution is 5.89. The first-order valence-corrected chi connectivity index (χ1v) is 14.0. The first-order chi connectivity index (χ1) is 21.3. The molecule has 1 atom stereocenters. The Bertz CT molecular complexity index is 2100. The third kappa shape index (κ3) is 5.11. The van der Waals surface area contributed by atoms with Crippen molar-refractivity contribution in [2.45, 2.75) is 26.9 Å². The summed E-state index contributed by atoms with van der Waals surface area (Å²) in [5.74, 6) is 1.42. The zero-order valence-electron chi connectivity index (χ0n) is 24.9. The van der Waals surface area contributed by atoms with Gasteiger partial charge in [-0.15, -0.1) is 0 Å². The molecular formula is C34H30N4O6. The SMILES string of the molecule is COC(=O)[C@@H](C)Oc1ccc(-n2c(C)cc(C=Nn3c(-c4cc5c(OC)cccc5o4)nc4ccccc4c3=O)c2C)cc1. The van der Waals surface area contributed by atoms with Gasteiger partial charge in [0.2, 0.25) is 5.82 Å². The average molecular weight is 591 g/mol. The molecule has 3 aromatic heterocycles. The number of aromatic nitrogens is 3. The molecule has 10 heteroatoms. The molecule has 10 nitrogen and oxygen atoms in total. The number of hydrogen-bond acceptors (Lipinski definition) is 8. The number of carbonyl (C=O) groups excluding carboxylic acids is 1. The number of nitrogens with zero attached hydrogens (tertiary/aromatic N) is 4. The monoisotopic (exact) mass is 590 g/mol. The molecule has 0 aliphatic heterocycles. The van der Waals surface area contributed by atoms with Gasteiger partial charge in [-0.2, -0.15) is 9.78 Å². The van der Waals surface area contributed by atoms with Crippen molar-refractivity contribution in [2.24, 2.45) is 5.10 Å². The Kier molecular flexibility index (Phi) is 7.48. The zero-order chi connectivity index (χ0) is 31.0. The van der Waals surface area contributed by atoms with Crippen LogP contribution in [-0.4, -0.2) is 46.7 Å². The minimum absolute atomic E-state index is 0.272. The van der Waals surface area contributed by atoms with Crippen LogP contribution in [0.1, 0.15) is 23.9 Å². The van der Waals surface area contributed by atoms with Crippen molar-refractivity contribution in [2.75, 3.05) is 14.2 Å². The van der Waals surface area contributed by atoms with Crippen molar-refractivity contribution < 1.29 is 23.4 Å². The molecule has 0 amide bonds. The third-order valence-corrected chi connectivity index (χ3v) is 7.44. The maximum atomic E-state index is 13.7. The van der Waals surface area contributed by atoms with Gasteiger partial charge < -0.3 is 23.2 Å². The highest BCUT2D eigenvalue weighted by Crippen LogP contribution is 2.33. The molecule has 6 rings (SSSR count). The summed E-state index contributed by atoms with van der Waals surface area (Å²) >= 11 is 0. The summed E-state index contributed by atoms with van der Waals surface area (Å²) in [6, 6.07) is 23.9. The Morgan fingerprint density at radius 1 is 0.977 bits per heavy atom. The molecular weight excluding hydrogens is 560 g/mol. The van der Waals surface area contributed by atoms with E-state index in [1.807, 2.05) is 62.4 Å². The van der Waals surface area contributed by atoms with Gasteiger partial charge in [-0.25, -0.2) is 9.78 Å². The lowest BCUT2D eigenvalue weighted by atomic mass is 10.2. The zero-order valence-corrected chi connectivity index (χ0v) is 24.9. The number of esters is 1. The van der Waals surface area contributed by atoms with Crippen molar-refractivity contribution in [3.8, 4) is 28.8 Å². The van der Waals surface area contributed by atoms with Crippen molar-refractivity contribution in [1.82, 2.24) is 14.2 Å². The number of methoxy groups -OCH3 is 2. The maximum Gasteiger partial charge on any atom is 0.346 e. The lowest BCUT2D eigenvalue weighted by Crippen LogP contribution is -2.24. The van der Waals surface area contributed by atoms with Crippen molar-refractivity contribution >= 4 is 34.1 Å². The maximum absolute atomic E-state index is 13.7. The highest BCUT2D eigenvalue weighted by Gasteiger charge is 2.19. The van der Waals surface area contributed by atoms with E-state index >= 15 is 0 Å². The summed E-state index contributed by atoms with van der Waals surface area (Å²) in [7, 11) is 2.92. The minimum Gasteiger partial charge on any atom is -0.496 e. The second-order valence-corrected chi connectivity index (χ2v) is 10.2. The number of fused-ring (bicyclic) bond motifs is 2. The Morgan fingerprint density at radius 2 is 1.75 bits per heavy atom. The average Bonchev–Trinajstić information content (AvgIpc) is 3.60. The molecule has 0 bridgehead atoms. The van der Waals surface area contributed by atoms with E-state index in [2.05, 4.69) is 9.67 Å². The predicted octanol–water partition coefficient (Wildman–Crippen LogP) is 6.05. The standard InChI is InChI=1S/C34H30N4O6/c1-20-17-23(21(2)37(20)24-13-15-25(16-14-24)43-22(3)34(40)42-5)19-35-38-32(36-28-10-7-6-9-26(28)33(38)39)31-18-27-29(41-4)11-8-12-30(27)44-31/h6-19,22H,1-5H3/t22-/m1/s1. The van der Waals surface area contributed by atoms with Crippen LogP contribution in [0.15, 0.2) is 93.2 Å². The van der Waals surface area contributed by atoms with E-state index in [0.29, 0.717) is 33.7 Å². The highest BCUT2D eigenvalue weighted by atomic mass is 16.6. The van der Waals surface area contributed by atoms with Crippen LogP contribution in [0.4, 0.5) is 0 Å². The first-order valence-electron chi connectivity index (χ1n) is 14.0. The van der Waals surface area contributed by atoms with Gasteiger partial charge in [-0.3, -0.25) is 4.79 Å². The molecule has 0 spiro atoms. The molecule has 0 radical (unpaired) electrons. The van der Waals surface area contributed by atoms with Crippen LogP contribution in [0.5, 0.6) is 11.5 Å². The fraction of sp³-hybridized carbons (Fsp3) is 0.176. The van der Waals surface area contributed by atoms with E-state index in [1.165, 1.54) is 11.8 Å². The lowest BCUT2D eigenvalue weighted by molar-refractivity contribution is -0.147. The predicted molar refractivity (Wildman–Crippen MR) is 168 cm³/mol. The van der Waals surface area contributed by atoms with E-state index in [-0.39, 0.29) is 11.4 Å². The normalized spacial score (nSPS) is 12.2. The summed E-state index contributed by atoms with van der Waals surface area (Å²) in [4.78, 5) is 30.2. The molecule has 0 saturated heterocycles. The summed E-state index contributed by atoms with van der Waals surface area (Å²) < 4.78 is 25.4. The number of carbonyl (C=O) groups is 1. The van der Waals surface area contributed by atoms with E-state index < -0.39 is 12.1 Å². The van der Waals surface area contributed by atoms with Crippen LogP contribution in [0, 0.1) is 13.8 Å². The molecule has 0 unspecified atom stereocenters. The van der Waals surface area contributed by atoms with Gasteiger partial charge in [0.1, 0.15) is 17.1 Å². The molecule has 44 heavy (non-hydrogen) atoms. The largest absolute Gasteiger partial charge is 0.496 e. The van der Waals surface area contributed by atoms with Gasteiger partial charge in [-0.1, -0.05) is 18.2 Å². The van der Waals surface area contributed by atoms with Gasteiger partial charge in [-0.05, 0) is 81.4 Å². The third-order valence-electron chi connectivity index (χ3n) is 7.44. The van der Waals surface area contributed by atoms with E-state index in [9.17, 15) is 9.59 Å². The smallest absolute Gasteiger partial charge is 0.346 e. The molecule has 0 saturated carbocycles. The second kappa shape index (κ2) is 11.6. The number of benzene rings is 3. The quantitative estimate of drug-likeness (QED) is 0.157. The van der Waals surface area contributed by atoms with Crippen molar-refractivity contribution in [3.63, 3.8) is 0 Å². The summed E-state index contributed by atoms with van der Waals surface area (Å²) in [5, 5.41) is 5.85. The van der Waals surface area contributed by atoms with Crippen LogP contribution in [-0.2, 0) is 9.53 Å². The second-order valence-electron chi connectivity index (χ2n) is 10.2. The lowest BCUT2D eigenvalue weighted by Gasteiger charge is -2.14. The van der Waals surface area contributed by atoms with Gasteiger partial charge in [0, 0.05) is 22.6 Å². The minimum atomic E-state index is -0.719. The number of ether oxygens (including phenoxy) is 3. The Balaban J connectivity index is 1.39. The van der Waals surface area contributed by atoms with Crippen LogP contribution in [0.3, 0.4) is 0 Å².